The summed E-state index contributed by atoms with van der Waals surface area (Å²) >= 11 is 0. The molecule has 4 rings (SSSR count). The van der Waals surface area contributed by atoms with Crippen LogP contribution < -0.4 is 4.90 Å². The molecule has 3 heterocycles. The molecule has 146 valence electrons. The Labute approximate surface area is 162 Å². The van der Waals surface area contributed by atoms with E-state index in [0.29, 0.717) is 49.4 Å². The minimum absolute atomic E-state index is 0.0169. The van der Waals surface area contributed by atoms with Crippen LogP contribution in [0.25, 0.3) is 0 Å². The fourth-order valence-corrected chi connectivity index (χ4v) is 3.76. The van der Waals surface area contributed by atoms with Gasteiger partial charge in [0.2, 0.25) is 0 Å². The van der Waals surface area contributed by atoms with E-state index in [4.69, 9.17) is 4.74 Å². The fourth-order valence-electron chi connectivity index (χ4n) is 3.76. The van der Waals surface area contributed by atoms with E-state index in [1.807, 2.05) is 0 Å². The fraction of sp³-hybridized carbons (Fsp3) is 0.400. The Morgan fingerprint density at radius 2 is 1.93 bits per heavy atom. The molecule has 1 aromatic heterocycles. The summed E-state index contributed by atoms with van der Waals surface area (Å²) in [7, 11) is 0. The number of ether oxygens (including phenoxy) is 1. The Kier molecular flexibility index (Phi) is 4.80. The number of rotatable bonds is 2. The van der Waals surface area contributed by atoms with Crippen molar-refractivity contribution in [2.24, 2.45) is 0 Å². The summed E-state index contributed by atoms with van der Waals surface area (Å²) in [6.07, 6.45) is 4.21. The highest BCUT2D eigenvalue weighted by Gasteiger charge is 2.43. The van der Waals surface area contributed by atoms with Crippen molar-refractivity contribution < 1.29 is 18.7 Å². The molecule has 2 fully saturated rings. The van der Waals surface area contributed by atoms with Crippen LogP contribution in [0.2, 0.25) is 0 Å². The largest absolute Gasteiger partial charge is 0.363 e. The highest BCUT2D eigenvalue weighted by molar-refractivity contribution is 5.96. The molecule has 0 N–H and O–H groups in total. The number of benzene rings is 1. The number of hydrogen-bond acceptors (Lipinski definition) is 5. The van der Waals surface area contributed by atoms with E-state index in [0.717, 1.165) is 0 Å². The smallest absolute Gasteiger partial charge is 0.257 e. The van der Waals surface area contributed by atoms with Crippen molar-refractivity contribution in [3.63, 3.8) is 0 Å². The predicted molar refractivity (Wildman–Crippen MR) is 99.3 cm³/mol. The van der Waals surface area contributed by atoms with Crippen LogP contribution in [0.1, 0.15) is 28.9 Å². The van der Waals surface area contributed by atoms with E-state index in [2.05, 4.69) is 9.97 Å². The number of amides is 2. The molecule has 0 radical (unpaired) electrons. The van der Waals surface area contributed by atoms with Gasteiger partial charge in [-0.1, -0.05) is 0 Å². The summed E-state index contributed by atoms with van der Waals surface area (Å²) < 4.78 is 19.1. The van der Waals surface area contributed by atoms with Crippen LogP contribution in [0.3, 0.4) is 0 Å². The number of anilines is 1. The molecule has 0 saturated carbocycles. The lowest BCUT2D eigenvalue weighted by molar-refractivity contribution is -0.143. The third-order valence-corrected chi connectivity index (χ3v) is 5.49. The van der Waals surface area contributed by atoms with Gasteiger partial charge in [-0.05, 0) is 44.0 Å². The van der Waals surface area contributed by atoms with Gasteiger partial charge in [0.25, 0.3) is 11.8 Å². The monoisotopic (exact) mass is 384 g/mol. The molecule has 1 aromatic carbocycles. The van der Waals surface area contributed by atoms with Gasteiger partial charge in [-0.15, -0.1) is 0 Å². The molecule has 2 saturated heterocycles. The van der Waals surface area contributed by atoms with E-state index in [-0.39, 0.29) is 24.2 Å². The van der Waals surface area contributed by atoms with Gasteiger partial charge in [0.1, 0.15) is 18.8 Å². The van der Waals surface area contributed by atoms with Crippen molar-refractivity contribution in [3.05, 3.63) is 53.9 Å². The summed E-state index contributed by atoms with van der Waals surface area (Å²) in [6.45, 7) is 3.22. The van der Waals surface area contributed by atoms with Crippen molar-refractivity contribution in [1.29, 1.82) is 0 Å². The van der Waals surface area contributed by atoms with Crippen molar-refractivity contribution in [1.82, 2.24) is 14.9 Å². The second kappa shape index (κ2) is 7.27. The number of carbonyl (C=O) groups excluding carboxylic acids is 2. The number of morpholine rings is 1. The molecule has 0 atom stereocenters. The Morgan fingerprint density at radius 3 is 2.61 bits per heavy atom. The van der Waals surface area contributed by atoms with E-state index in [1.165, 1.54) is 18.5 Å². The zero-order valence-corrected chi connectivity index (χ0v) is 15.6. The first-order valence-electron chi connectivity index (χ1n) is 9.23. The maximum atomic E-state index is 13.2. The molecule has 0 aliphatic carbocycles. The molecule has 2 aliphatic heterocycles. The minimum Gasteiger partial charge on any atom is -0.363 e. The van der Waals surface area contributed by atoms with Crippen molar-refractivity contribution in [2.45, 2.75) is 25.4 Å². The summed E-state index contributed by atoms with van der Waals surface area (Å²) in [4.78, 5) is 36.6. The molecular formula is C20H21FN4O3. The van der Waals surface area contributed by atoms with Crippen LogP contribution in [0.15, 0.2) is 36.8 Å². The minimum atomic E-state index is -0.499. The number of nitrogens with zero attached hydrogens (tertiary/aromatic N) is 4. The number of halogens is 1. The van der Waals surface area contributed by atoms with Gasteiger partial charge in [0.15, 0.2) is 0 Å². The van der Waals surface area contributed by atoms with Gasteiger partial charge < -0.3 is 14.5 Å². The third kappa shape index (κ3) is 3.47. The Bertz CT molecular complexity index is 895. The van der Waals surface area contributed by atoms with Crippen molar-refractivity contribution >= 4 is 17.5 Å². The van der Waals surface area contributed by atoms with Gasteiger partial charge in [-0.2, -0.15) is 0 Å². The lowest BCUT2D eigenvalue weighted by atomic mass is 9.88. The maximum Gasteiger partial charge on any atom is 0.257 e. The number of hydrogen-bond donors (Lipinski definition) is 0. The highest BCUT2D eigenvalue weighted by atomic mass is 19.1. The van der Waals surface area contributed by atoms with Gasteiger partial charge >= 0.3 is 0 Å². The molecular weight excluding hydrogens is 363 g/mol. The molecule has 2 aromatic rings. The van der Waals surface area contributed by atoms with Gasteiger partial charge in [0, 0.05) is 25.0 Å². The zero-order chi connectivity index (χ0) is 19.7. The standard InChI is InChI=1S/C20H21FN4O3/c1-14-17(10-22-13-23-14)19(27)24-8-6-20(7-9-24)12-25(18(26)11-28-20)16-4-2-15(21)3-5-16/h2-5,10,13H,6-9,11-12H2,1H3. The average Bonchev–Trinajstić information content (AvgIpc) is 2.71. The molecule has 2 aliphatic rings. The van der Waals surface area contributed by atoms with Crippen LogP contribution in [0.5, 0.6) is 0 Å². The third-order valence-electron chi connectivity index (χ3n) is 5.49. The van der Waals surface area contributed by atoms with Crippen LogP contribution >= 0.6 is 0 Å². The zero-order valence-electron chi connectivity index (χ0n) is 15.6. The van der Waals surface area contributed by atoms with Crippen molar-refractivity contribution in [2.75, 3.05) is 31.1 Å². The van der Waals surface area contributed by atoms with Crippen LogP contribution in [-0.4, -0.2) is 58.5 Å². The summed E-state index contributed by atoms with van der Waals surface area (Å²) in [5.74, 6) is -0.575. The van der Waals surface area contributed by atoms with Crippen LogP contribution in [0.4, 0.5) is 10.1 Å². The highest BCUT2D eigenvalue weighted by Crippen LogP contribution is 2.33. The molecule has 2 amide bonds. The number of piperidine rings is 1. The Hall–Kier alpha value is -2.87. The quantitative estimate of drug-likeness (QED) is 0.791. The number of carbonyl (C=O) groups is 2. The van der Waals surface area contributed by atoms with E-state index in [9.17, 15) is 14.0 Å². The lowest BCUT2D eigenvalue weighted by Gasteiger charge is -2.47. The first-order chi connectivity index (χ1) is 13.5. The summed E-state index contributed by atoms with van der Waals surface area (Å²) in [6, 6.07) is 5.89. The summed E-state index contributed by atoms with van der Waals surface area (Å²) in [5, 5.41) is 0. The normalized spacial score (nSPS) is 19.1. The number of likely N-dealkylation sites (tertiary alicyclic amines) is 1. The Morgan fingerprint density at radius 1 is 1.21 bits per heavy atom. The Balaban J connectivity index is 1.46. The lowest BCUT2D eigenvalue weighted by Crippen LogP contribution is -2.59. The molecule has 1 spiro atoms. The molecule has 7 nitrogen and oxygen atoms in total. The molecule has 8 heteroatoms. The van der Waals surface area contributed by atoms with Crippen molar-refractivity contribution in [3.8, 4) is 0 Å². The maximum absolute atomic E-state index is 13.2. The predicted octanol–water partition coefficient (Wildman–Crippen LogP) is 1.96. The van der Waals surface area contributed by atoms with E-state index < -0.39 is 5.60 Å². The topological polar surface area (TPSA) is 75.6 Å². The van der Waals surface area contributed by atoms with Gasteiger partial charge in [0.05, 0.1) is 23.4 Å². The van der Waals surface area contributed by atoms with Crippen LogP contribution in [0, 0.1) is 12.7 Å². The average molecular weight is 384 g/mol. The second-order valence-corrected chi connectivity index (χ2v) is 7.24. The van der Waals surface area contributed by atoms with Gasteiger partial charge in [-0.3, -0.25) is 9.59 Å². The van der Waals surface area contributed by atoms with E-state index >= 15 is 0 Å². The first-order valence-corrected chi connectivity index (χ1v) is 9.23. The summed E-state index contributed by atoms with van der Waals surface area (Å²) in [5.41, 5.74) is 1.32. The SMILES string of the molecule is Cc1ncncc1C(=O)N1CCC2(CC1)CN(c1ccc(F)cc1)C(=O)CO2. The molecule has 0 bridgehead atoms. The second-order valence-electron chi connectivity index (χ2n) is 7.24. The number of aryl methyl sites for hydroxylation is 1. The molecule has 28 heavy (non-hydrogen) atoms. The van der Waals surface area contributed by atoms with Crippen LogP contribution in [-0.2, 0) is 9.53 Å². The van der Waals surface area contributed by atoms with E-state index in [1.54, 1.807) is 35.1 Å². The molecule has 0 unspecified atom stereocenters. The first kappa shape index (κ1) is 18.5. The van der Waals surface area contributed by atoms with Gasteiger partial charge in [-0.25, -0.2) is 14.4 Å². The number of aromatic nitrogens is 2.